The number of halogens is 1. The third kappa shape index (κ3) is 3.09. The van der Waals surface area contributed by atoms with E-state index < -0.39 is 0 Å². The van der Waals surface area contributed by atoms with Gasteiger partial charge < -0.3 is 14.4 Å². The Bertz CT molecular complexity index is 937. The van der Waals surface area contributed by atoms with E-state index in [9.17, 15) is 4.79 Å². The Kier molecular flexibility index (Phi) is 4.35. The molecule has 7 heteroatoms. The first-order valence-electron chi connectivity index (χ1n) is 7.79. The highest BCUT2D eigenvalue weighted by Gasteiger charge is 2.32. The number of aromatic nitrogens is 1. The van der Waals surface area contributed by atoms with Crippen molar-refractivity contribution < 1.29 is 14.3 Å². The molecule has 0 atom stereocenters. The first-order chi connectivity index (χ1) is 12.2. The summed E-state index contributed by atoms with van der Waals surface area (Å²) in [6.45, 7) is 1.30. The largest absolute Gasteiger partial charge is 0.494 e. The number of esters is 1. The van der Waals surface area contributed by atoms with Gasteiger partial charge in [0.1, 0.15) is 17.4 Å². The summed E-state index contributed by atoms with van der Waals surface area (Å²) in [5.41, 5.74) is 1.42. The van der Waals surface area contributed by atoms with Crippen LogP contribution in [0.25, 0.3) is 10.2 Å². The third-order valence-electron chi connectivity index (χ3n) is 4.08. The topological polar surface area (TPSA) is 51.7 Å². The maximum absolute atomic E-state index is 12.2. The van der Waals surface area contributed by atoms with Crippen molar-refractivity contribution >= 4 is 48.6 Å². The Morgan fingerprint density at radius 1 is 1.24 bits per heavy atom. The molecule has 25 heavy (non-hydrogen) atoms. The molecule has 1 aliphatic rings. The molecule has 1 aromatic heterocycles. The fourth-order valence-electron chi connectivity index (χ4n) is 2.72. The zero-order valence-corrected chi connectivity index (χ0v) is 15.8. The molecule has 0 spiro atoms. The van der Waals surface area contributed by atoms with Crippen molar-refractivity contribution in [2.24, 2.45) is 0 Å². The Labute approximate surface area is 157 Å². The van der Waals surface area contributed by atoms with Crippen LogP contribution in [0.1, 0.15) is 10.4 Å². The first kappa shape index (κ1) is 16.4. The van der Waals surface area contributed by atoms with Crippen molar-refractivity contribution in [3.8, 4) is 5.75 Å². The summed E-state index contributed by atoms with van der Waals surface area (Å²) >= 11 is 4.99. The van der Waals surface area contributed by atoms with E-state index in [4.69, 9.17) is 9.47 Å². The average Bonchev–Trinajstić information content (AvgIpc) is 3.01. The van der Waals surface area contributed by atoms with Crippen molar-refractivity contribution in [2.45, 2.75) is 6.10 Å². The number of methoxy groups -OCH3 is 1. The number of rotatable bonds is 4. The van der Waals surface area contributed by atoms with Gasteiger partial charge in [-0.3, -0.25) is 0 Å². The molecule has 0 unspecified atom stereocenters. The van der Waals surface area contributed by atoms with Crippen LogP contribution in [0.2, 0.25) is 0 Å². The van der Waals surface area contributed by atoms with Crippen molar-refractivity contribution in [1.29, 1.82) is 0 Å². The van der Waals surface area contributed by atoms with Crippen LogP contribution >= 0.6 is 27.3 Å². The predicted molar refractivity (Wildman–Crippen MR) is 102 cm³/mol. The van der Waals surface area contributed by atoms with Crippen molar-refractivity contribution in [3.63, 3.8) is 0 Å². The lowest BCUT2D eigenvalue weighted by molar-refractivity contribution is 0.0233. The molecule has 0 radical (unpaired) electrons. The van der Waals surface area contributed by atoms with Gasteiger partial charge in [0.05, 0.1) is 30.5 Å². The summed E-state index contributed by atoms with van der Waals surface area (Å²) in [5, 5.41) is 0.924. The van der Waals surface area contributed by atoms with Gasteiger partial charge in [0.25, 0.3) is 0 Å². The summed E-state index contributed by atoms with van der Waals surface area (Å²) in [4.78, 5) is 19.0. The Balaban J connectivity index is 1.42. The number of thiazole rings is 1. The highest BCUT2D eigenvalue weighted by atomic mass is 79.9. The Morgan fingerprint density at radius 2 is 2.04 bits per heavy atom. The van der Waals surface area contributed by atoms with Gasteiger partial charge in [-0.25, -0.2) is 9.78 Å². The zero-order valence-electron chi connectivity index (χ0n) is 13.4. The van der Waals surface area contributed by atoms with Crippen LogP contribution in [-0.4, -0.2) is 37.3 Å². The van der Waals surface area contributed by atoms with E-state index >= 15 is 0 Å². The number of ether oxygens (including phenoxy) is 2. The molecule has 0 saturated carbocycles. The molecule has 1 aliphatic heterocycles. The van der Waals surface area contributed by atoms with Gasteiger partial charge in [0.15, 0.2) is 5.13 Å². The molecule has 3 aromatic rings. The second kappa shape index (κ2) is 6.65. The molecular weight excluding hydrogens is 404 g/mol. The number of para-hydroxylation sites is 1. The molecule has 4 rings (SSSR count). The van der Waals surface area contributed by atoms with E-state index in [0.29, 0.717) is 18.7 Å². The van der Waals surface area contributed by atoms with E-state index in [0.717, 1.165) is 25.6 Å². The highest BCUT2D eigenvalue weighted by Crippen LogP contribution is 2.36. The summed E-state index contributed by atoms with van der Waals surface area (Å²) in [5.74, 6) is 0.473. The van der Waals surface area contributed by atoms with Crippen LogP contribution < -0.4 is 9.64 Å². The molecule has 0 amide bonds. The molecule has 5 nitrogen and oxygen atoms in total. The average molecular weight is 419 g/mol. The summed E-state index contributed by atoms with van der Waals surface area (Å²) in [6, 6.07) is 13.2. The summed E-state index contributed by atoms with van der Waals surface area (Å²) in [6.07, 6.45) is -0.117. The lowest BCUT2D eigenvalue weighted by atomic mass is 10.2. The van der Waals surface area contributed by atoms with Gasteiger partial charge >= 0.3 is 5.97 Å². The standard InChI is InChI=1S/C18H15BrN2O3S/c1-23-14-7-4-8-15-16(14)20-18(25-15)21-9-11(10-21)24-17(22)12-5-2-3-6-13(12)19/h2-8,11H,9-10H2,1H3. The SMILES string of the molecule is COc1cccc2sc(N3CC(OC(=O)c4ccccc4Br)C3)nc12. The molecule has 2 aromatic carbocycles. The fourth-order valence-corrected chi connectivity index (χ4v) is 4.17. The Hall–Kier alpha value is -2.12. The minimum atomic E-state index is -0.303. The smallest absolute Gasteiger partial charge is 0.339 e. The predicted octanol–water partition coefficient (Wildman–Crippen LogP) is 4.11. The number of nitrogens with zero attached hydrogens (tertiary/aromatic N) is 2. The van der Waals surface area contributed by atoms with E-state index in [-0.39, 0.29) is 12.1 Å². The fraction of sp³-hybridized carbons (Fsp3) is 0.222. The molecule has 0 aliphatic carbocycles. The van der Waals surface area contributed by atoms with E-state index in [1.54, 1.807) is 24.5 Å². The number of anilines is 1. The molecule has 1 fully saturated rings. The van der Waals surface area contributed by atoms with E-state index in [2.05, 4.69) is 25.8 Å². The van der Waals surface area contributed by atoms with E-state index in [1.165, 1.54) is 0 Å². The molecule has 0 N–H and O–H groups in total. The van der Waals surface area contributed by atoms with E-state index in [1.807, 2.05) is 36.4 Å². The molecular formula is C18H15BrN2O3S. The lowest BCUT2D eigenvalue weighted by Gasteiger charge is -2.38. The van der Waals surface area contributed by atoms with Crippen LogP contribution in [0.5, 0.6) is 5.75 Å². The van der Waals surface area contributed by atoms with Gasteiger partial charge in [0, 0.05) is 4.47 Å². The molecule has 2 heterocycles. The van der Waals surface area contributed by atoms with Gasteiger partial charge in [-0.15, -0.1) is 0 Å². The number of carbonyl (C=O) groups is 1. The highest BCUT2D eigenvalue weighted by molar-refractivity contribution is 9.10. The van der Waals surface area contributed by atoms with Crippen LogP contribution in [0.15, 0.2) is 46.9 Å². The number of hydrogen-bond donors (Lipinski definition) is 0. The summed E-state index contributed by atoms with van der Waals surface area (Å²) < 4.78 is 12.8. The van der Waals surface area contributed by atoms with Crippen molar-refractivity contribution in [2.75, 3.05) is 25.1 Å². The van der Waals surface area contributed by atoms with Crippen molar-refractivity contribution in [1.82, 2.24) is 4.98 Å². The second-order valence-corrected chi connectivity index (χ2v) is 7.58. The lowest BCUT2D eigenvalue weighted by Crippen LogP contribution is -2.53. The zero-order chi connectivity index (χ0) is 17.4. The number of benzene rings is 2. The first-order valence-corrected chi connectivity index (χ1v) is 9.40. The minimum absolute atomic E-state index is 0.117. The van der Waals surface area contributed by atoms with Crippen LogP contribution in [0, 0.1) is 0 Å². The van der Waals surface area contributed by atoms with Gasteiger partial charge in [-0.1, -0.05) is 29.5 Å². The molecule has 1 saturated heterocycles. The second-order valence-electron chi connectivity index (χ2n) is 5.72. The maximum atomic E-state index is 12.2. The van der Waals surface area contributed by atoms with Crippen LogP contribution in [0.3, 0.4) is 0 Å². The minimum Gasteiger partial charge on any atom is -0.494 e. The molecule has 0 bridgehead atoms. The monoisotopic (exact) mass is 418 g/mol. The normalized spacial score (nSPS) is 14.4. The number of carbonyl (C=O) groups excluding carboxylic acids is 1. The van der Waals surface area contributed by atoms with Crippen LogP contribution in [-0.2, 0) is 4.74 Å². The van der Waals surface area contributed by atoms with Gasteiger partial charge in [0.2, 0.25) is 0 Å². The quantitative estimate of drug-likeness (QED) is 0.596. The third-order valence-corrected chi connectivity index (χ3v) is 5.85. The number of fused-ring (bicyclic) bond motifs is 1. The summed E-state index contributed by atoms with van der Waals surface area (Å²) in [7, 11) is 1.65. The Morgan fingerprint density at radius 3 is 2.80 bits per heavy atom. The van der Waals surface area contributed by atoms with Gasteiger partial charge in [-0.05, 0) is 40.2 Å². The maximum Gasteiger partial charge on any atom is 0.339 e. The number of hydrogen-bond acceptors (Lipinski definition) is 6. The van der Waals surface area contributed by atoms with Crippen LogP contribution in [0.4, 0.5) is 5.13 Å². The van der Waals surface area contributed by atoms with Gasteiger partial charge in [-0.2, -0.15) is 0 Å². The van der Waals surface area contributed by atoms with Crippen molar-refractivity contribution in [3.05, 3.63) is 52.5 Å². The molecule has 128 valence electrons.